The minimum absolute atomic E-state index is 0. The second kappa shape index (κ2) is 7.47. The number of hydrogen-bond acceptors (Lipinski definition) is 7. The third-order valence-electron chi connectivity index (χ3n) is 4.70. The average molecular weight is 432 g/mol. The van der Waals surface area contributed by atoms with Crippen molar-refractivity contribution in [1.82, 2.24) is 24.4 Å². The third kappa shape index (κ3) is 3.35. The second-order valence-electron chi connectivity index (χ2n) is 6.54. The lowest BCUT2D eigenvalue weighted by atomic mass is 10.2. The van der Waals surface area contributed by atoms with Gasteiger partial charge in [-0.15, -0.1) is 23.7 Å². The van der Waals surface area contributed by atoms with Gasteiger partial charge >= 0.3 is 0 Å². The lowest BCUT2D eigenvalue weighted by Crippen LogP contribution is -2.17. The van der Waals surface area contributed by atoms with E-state index < -0.39 is 0 Å². The number of aromatic nitrogens is 5. The van der Waals surface area contributed by atoms with Crippen LogP contribution in [0.4, 0.5) is 11.4 Å². The van der Waals surface area contributed by atoms with Crippen LogP contribution in [-0.2, 0) is 17.9 Å². The number of aryl methyl sites for hydroxylation is 1. The van der Waals surface area contributed by atoms with Gasteiger partial charge in [0.25, 0.3) is 5.91 Å². The highest BCUT2D eigenvalue weighted by molar-refractivity contribution is 7.21. The number of thiazole rings is 1. The number of nitrogens with one attached hydrogen (secondary N) is 1. The van der Waals surface area contributed by atoms with Gasteiger partial charge in [-0.1, -0.05) is 0 Å². The largest absolute Gasteiger partial charge is 0.397 e. The Balaban J connectivity index is 0.00000205. The lowest BCUT2D eigenvalue weighted by Gasteiger charge is -2.14. The molecule has 4 aromatic rings. The molecule has 29 heavy (non-hydrogen) atoms. The van der Waals surface area contributed by atoms with Crippen molar-refractivity contribution in [3.05, 3.63) is 47.8 Å². The number of nitrogens with zero attached hydrogens (tertiary/aromatic N) is 5. The quantitative estimate of drug-likeness (QED) is 0.515. The van der Waals surface area contributed by atoms with E-state index in [0.29, 0.717) is 35.8 Å². The molecule has 1 aliphatic rings. The lowest BCUT2D eigenvalue weighted by molar-refractivity contribution is 0.0804. The summed E-state index contributed by atoms with van der Waals surface area (Å²) in [5.74, 6) is -0.251. The summed E-state index contributed by atoms with van der Waals surface area (Å²) in [5, 5.41) is 11.6. The second-order valence-corrected chi connectivity index (χ2v) is 7.57. The predicted octanol–water partition coefficient (Wildman–Crippen LogP) is 2.75. The number of amides is 1. The smallest absolute Gasteiger partial charge is 0.260 e. The molecule has 1 amide bonds. The number of nitrogens with two attached hydrogens (primary N) is 1. The summed E-state index contributed by atoms with van der Waals surface area (Å²) in [6.07, 6.45) is 6.88. The number of fused-ring (bicyclic) bond motifs is 2. The maximum absolute atomic E-state index is 12.8. The molecule has 0 saturated carbocycles. The maximum atomic E-state index is 12.8. The highest BCUT2D eigenvalue weighted by Crippen LogP contribution is 2.34. The Bertz CT molecular complexity index is 1210. The molecule has 5 heterocycles. The molecule has 0 atom stereocenters. The van der Waals surface area contributed by atoms with E-state index in [1.807, 2.05) is 24.0 Å². The number of nitrogen functional groups attached to an aromatic ring is 1. The predicted molar refractivity (Wildman–Crippen MR) is 113 cm³/mol. The summed E-state index contributed by atoms with van der Waals surface area (Å²) in [7, 11) is 0. The zero-order chi connectivity index (χ0) is 19.3. The molecule has 0 saturated heterocycles. The van der Waals surface area contributed by atoms with Crippen LogP contribution in [-0.4, -0.2) is 36.9 Å². The summed E-state index contributed by atoms with van der Waals surface area (Å²) in [6.45, 7) is 3.77. The number of halogens is 1. The van der Waals surface area contributed by atoms with E-state index in [1.54, 1.807) is 23.0 Å². The molecule has 0 aliphatic carbocycles. The van der Waals surface area contributed by atoms with E-state index >= 15 is 0 Å². The molecule has 0 aromatic carbocycles. The van der Waals surface area contributed by atoms with Gasteiger partial charge in [-0.3, -0.25) is 14.5 Å². The SMILES string of the molecule is Cc1ncc(N)cc1NC(=O)c1cnn2cc(-c3cnn4c3COCC4)sc12.Cl. The third-order valence-corrected chi connectivity index (χ3v) is 5.84. The summed E-state index contributed by atoms with van der Waals surface area (Å²) >= 11 is 1.50. The number of rotatable bonds is 3. The van der Waals surface area contributed by atoms with Crippen LogP contribution in [0.2, 0.25) is 0 Å². The maximum Gasteiger partial charge on any atom is 0.260 e. The standard InChI is InChI=1S/C18H17N7O2S.ClH/c1-10-14(4-11(19)5-20-10)23-17(26)13-7-22-25-8-16(28-18(13)25)12-6-21-24-2-3-27-9-15(12)24;/h4-8H,2-3,9,19H2,1H3,(H,23,26);1H. The van der Waals surface area contributed by atoms with Gasteiger partial charge in [0.2, 0.25) is 0 Å². The topological polar surface area (TPSA) is 112 Å². The van der Waals surface area contributed by atoms with Crippen molar-refractivity contribution >= 4 is 45.9 Å². The Morgan fingerprint density at radius 3 is 3.03 bits per heavy atom. The number of hydrogen-bond donors (Lipinski definition) is 2. The Labute approximate surface area is 175 Å². The molecule has 0 spiro atoms. The Hall–Kier alpha value is -2.95. The molecule has 1 aliphatic heterocycles. The van der Waals surface area contributed by atoms with Gasteiger partial charge < -0.3 is 15.8 Å². The zero-order valence-electron chi connectivity index (χ0n) is 15.5. The van der Waals surface area contributed by atoms with Gasteiger partial charge in [-0.25, -0.2) is 4.52 Å². The van der Waals surface area contributed by atoms with Crippen molar-refractivity contribution in [2.45, 2.75) is 20.1 Å². The van der Waals surface area contributed by atoms with Gasteiger partial charge in [0.05, 0.1) is 71.6 Å². The molecular weight excluding hydrogens is 414 g/mol. The van der Waals surface area contributed by atoms with Crippen LogP contribution in [0.3, 0.4) is 0 Å². The normalized spacial score (nSPS) is 13.1. The summed E-state index contributed by atoms with van der Waals surface area (Å²) in [5.41, 5.74) is 10.1. The van der Waals surface area contributed by atoms with E-state index in [-0.39, 0.29) is 18.3 Å². The van der Waals surface area contributed by atoms with Crippen LogP contribution >= 0.6 is 23.7 Å². The fraction of sp³-hybridized carbons (Fsp3) is 0.222. The minimum Gasteiger partial charge on any atom is -0.397 e. The molecule has 5 rings (SSSR count). The van der Waals surface area contributed by atoms with E-state index in [4.69, 9.17) is 10.5 Å². The fourth-order valence-electron chi connectivity index (χ4n) is 3.21. The average Bonchev–Trinajstić information content (AvgIpc) is 3.37. The summed E-state index contributed by atoms with van der Waals surface area (Å²) in [4.78, 5) is 18.7. The molecule has 4 aromatic heterocycles. The zero-order valence-corrected chi connectivity index (χ0v) is 17.1. The van der Waals surface area contributed by atoms with Crippen molar-refractivity contribution < 1.29 is 9.53 Å². The number of carbonyl (C=O) groups is 1. The number of anilines is 2. The van der Waals surface area contributed by atoms with E-state index in [1.165, 1.54) is 11.3 Å². The van der Waals surface area contributed by atoms with Crippen molar-refractivity contribution in [2.24, 2.45) is 0 Å². The molecule has 0 radical (unpaired) electrons. The first kappa shape index (κ1) is 19.4. The highest BCUT2D eigenvalue weighted by atomic mass is 35.5. The number of pyridine rings is 1. The molecule has 0 unspecified atom stereocenters. The van der Waals surface area contributed by atoms with Crippen LogP contribution in [0.1, 0.15) is 21.7 Å². The first-order valence-corrected chi connectivity index (χ1v) is 9.55. The molecule has 0 bridgehead atoms. The monoisotopic (exact) mass is 431 g/mol. The van der Waals surface area contributed by atoms with Crippen LogP contribution in [0.25, 0.3) is 15.3 Å². The van der Waals surface area contributed by atoms with Gasteiger partial charge in [0.15, 0.2) is 0 Å². The van der Waals surface area contributed by atoms with Gasteiger partial charge in [0.1, 0.15) is 4.83 Å². The van der Waals surface area contributed by atoms with Crippen LogP contribution in [0.5, 0.6) is 0 Å². The summed E-state index contributed by atoms with van der Waals surface area (Å²) in [6, 6.07) is 1.69. The highest BCUT2D eigenvalue weighted by Gasteiger charge is 2.21. The molecular formula is C18H18ClN7O2S. The molecule has 9 nitrogen and oxygen atoms in total. The number of carbonyl (C=O) groups excluding carboxylic acids is 1. The van der Waals surface area contributed by atoms with Crippen molar-refractivity contribution in [2.75, 3.05) is 17.7 Å². The molecule has 0 fully saturated rings. The summed E-state index contributed by atoms with van der Waals surface area (Å²) < 4.78 is 9.24. The Morgan fingerprint density at radius 2 is 2.17 bits per heavy atom. The van der Waals surface area contributed by atoms with Crippen molar-refractivity contribution in [3.8, 4) is 10.4 Å². The molecule has 3 N–H and O–H groups in total. The van der Waals surface area contributed by atoms with E-state index in [0.717, 1.165) is 27.5 Å². The minimum atomic E-state index is -0.251. The van der Waals surface area contributed by atoms with E-state index in [9.17, 15) is 4.79 Å². The van der Waals surface area contributed by atoms with Gasteiger partial charge in [-0.2, -0.15) is 10.2 Å². The van der Waals surface area contributed by atoms with E-state index in [2.05, 4.69) is 20.5 Å². The van der Waals surface area contributed by atoms with Crippen molar-refractivity contribution in [3.63, 3.8) is 0 Å². The first-order chi connectivity index (χ1) is 13.6. The van der Waals surface area contributed by atoms with Crippen LogP contribution in [0, 0.1) is 6.92 Å². The number of ether oxygens (including phenoxy) is 1. The fourth-order valence-corrected chi connectivity index (χ4v) is 4.30. The van der Waals surface area contributed by atoms with Crippen LogP contribution < -0.4 is 11.1 Å². The Morgan fingerprint density at radius 1 is 1.31 bits per heavy atom. The molecule has 150 valence electrons. The molecule has 11 heteroatoms. The van der Waals surface area contributed by atoms with Gasteiger partial charge in [0, 0.05) is 11.8 Å². The Kier molecular flexibility index (Phi) is 4.99. The van der Waals surface area contributed by atoms with Gasteiger partial charge in [-0.05, 0) is 13.0 Å². The van der Waals surface area contributed by atoms with Crippen LogP contribution in [0.15, 0.2) is 30.9 Å². The van der Waals surface area contributed by atoms with Crippen molar-refractivity contribution in [1.29, 1.82) is 0 Å². The first-order valence-electron chi connectivity index (χ1n) is 8.73.